The minimum absolute atomic E-state index is 0. The summed E-state index contributed by atoms with van der Waals surface area (Å²) in [6.45, 7) is 3.60. The van der Waals surface area contributed by atoms with Crippen molar-refractivity contribution < 1.29 is 23.1 Å². The van der Waals surface area contributed by atoms with Gasteiger partial charge in [0.2, 0.25) is 5.75 Å². The molecule has 168 valence electrons. The van der Waals surface area contributed by atoms with Crippen molar-refractivity contribution in [2.75, 3.05) is 40.5 Å². The lowest BCUT2D eigenvalue weighted by molar-refractivity contribution is 0.189. The molecule has 1 fully saturated rings. The summed E-state index contributed by atoms with van der Waals surface area (Å²) in [6, 6.07) is 10.3. The molecular formula is C23H28ClFN2O4. The van der Waals surface area contributed by atoms with Crippen molar-refractivity contribution in [3.05, 3.63) is 47.9 Å². The van der Waals surface area contributed by atoms with E-state index in [0.29, 0.717) is 35.4 Å². The number of nitrogens with zero attached hydrogens (tertiary/aromatic N) is 2. The van der Waals surface area contributed by atoms with Crippen LogP contribution in [0.4, 0.5) is 4.39 Å². The second-order valence-electron chi connectivity index (χ2n) is 7.52. The van der Waals surface area contributed by atoms with Gasteiger partial charge in [-0.15, -0.1) is 12.4 Å². The van der Waals surface area contributed by atoms with Gasteiger partial charge in [0, 0.05) is 23.9 Å². The summed E-state index contributed by atoms with van der Waals surface area (Å²) in [4.78, 5) is 2.45. The third-order valence-corrected chi connectivity index (χ3v) is 5.68. The quantitative estimate of drug-likeness (QED) is 0.447. The first kappa shape index (κ1) is 23.2. The maximum Gasteiger partial charge on any atom is 0.203 e. The highest BCUT2D eigenvalue weighted by Gasteiger charge is 2.25. The molecule has 1 aliphatic heterocycles. The molecule has 1 aliphatic rings. The van der Waals surface area contributed by atoms with E-state index in [-0.39, 0.29) is 18.2 Å². The number of likely N-dealkylation sites (tertiary alicyclic amines) is 1. The van der Waals surface area contributed by atoms with Crippen molar-refractivity contribution in [1.82, 2.24) is 10.1 Å². The van der Waals surface area contributed by atoms with Gasteiger partial charge in [0.25, 0.3) is 0 Å². The average molecular weight is 451 g/mol. The van der Waals surface area contributed by atoms with E-state index in [9.17, 15) is 4.39 Å². The molecule has 0 radical (unpaired) electrons. The van der Waals surface area contributed by atoms with Gasteiger partial charge in [0.05, 0.1) is 26.5 Å². The number of hydrogen-bond donors (Lipinski definition) is 0. The Hall–Kier alpha value is -2.51. The Morgan fingerprint density at radius 1 is 1.10 bits per heavy atom. The van der Waals surface area contributed by atoms with Gasteiger partial charge in [0.15, 0.2) is 17.1 Å². The number of piperidine rings is 1. The minimum Gasteiger partial charge on any atom is -0.493 e. The first-order valence-corrected chi connectivity index (χ1v) is 10.3. The maximum absolute atomic E-state index is 13.4. The lowest BCUT2D eigenvalue weighted by Gasteiger charge is -2.31. The predicted molar refractivity (Wildman–Crippen MR) is 119 cm³/mol. The number of rotatable bonds is 8. The van der Waals surface area contributed by atoms with Gasteiger partial charge in [-0.2, -0.15) is 0 Å². The molecule has 0 amide bonds. The largest absolute Gasteiger partial charge is 0.493 e. The second kappa shape index (κ2) is 10.7. The molecule has 0 N–H and O–H groups in total. The zero-order valence-corrected chi connectivity index (χ0v) is 18.6. The first-order valence-electron chi connectivity index (χ1n) is 10.3. The summed E-state index contributed by atoms with van der Waals surface area (Å²) < 4.78 is 35.3. The predicted octanol–water partition coefficient (Wildman–Crippen LogP) is 5.05. The van der Waals surface area contributed by atoms with E-state index >= 15 is 0 Å². The summed E-state index contributed by atoms with van der Waals surface area (Å²) in [7, 11) is 3.23. The van der Waals surface area contributed by atoms with Gasteiger partial charge in [-0.25, -0.2) is 4.39 Å². The molecule has 2 heterocycles. The second-order valence-corrected chi connectivity index (χ2v) is 7.52. The standard InChI is InChI=1S/C23H27FN2O4.ClH/c1-27-19-5-3-6-20(23(19)28-2)29-14-4-11-26-12-9-16(10-13-26)22-18-8-7-17(24)15-21(18)30-25-22;/h3,5-8,15-16H,4,9-14H2,1-2H3;1H. The molecule has 4 rings (SSSR count). The molecule has 8 heteroatoms. The van der Waals surface area contributed by atoms with Crippen molar-refractivity contribution in [2.24, 2.45) is 0 Å². The van der Waals surface area contributed by atoms with Crippen LogP contribution in [0.2, 0.25) is 0 Å². The molecular weight excluding hydrogens is 423 g/mol. The van der Waals surface area contributed by atoms with Crippen molar-refractivity contribution in [3.63, 3.8) is 0 Å². The van der Waals surface area contributed by atoms with Crippen LogP contribution in [-0.4, -0.2) is 50.5 Å². The Labute approximate surface area is 187 Å². The molecule has 1 aromatic heterocycles. The van der Waals surface area contributed by atoms with Gasteiger partial charge in [0.1, 0.15) is 5.82 Å². The third-order valence-electron chi connectivity index (χ3n) is 5.68. The summed E-state index contributed by atoms with van der Waals surface area (Å²) >= 11 is 0. The number of ether oxygens (including phenoxy) is 3. The summed E-state index contributed by atoms with van der Waals surface area (Å²) in [5.74, 6) is 2.05. The number of methoxy groups -OCH3 is 2. The van der Waals surface area contributed by atoms with Gasteiger partial charge < -0.3 is 23.6 Å². The number of aromatic nitrogens is 1. The Balaban J connectivity index is 0.00000272. The highest BCUT2D eigenvalue weighted by atomic mass is 35.5. The van der Waals surface area contributed by atoms with Gasteiger partial charge in [-0.3, -0.25) is 0 Å². The highest BCUT2D eigenvalue weighted by molar-refractivity contribution is 5.85. The molecule has 3 aromatic rings. The zero-order chi connectivity index (χ0) is 20.9. The number of para-hydroxylation sites is 1. The van der Waals surface area contributed by atoms with Crippen molar-refractivity contribution >= 4 is 23.4 Å². The molecule has 1 saturated heterocycles. The van der Waals surface area contributed by atoms with Crippen LogP contribution in [0.1, 0.15) is 30.9 Å². The van der Waals surface area contributed by atoms with Crippen LogP contribution in [0.25, 0.3) is 11.0 Å². The lowest BCUT2D eigenvalue weighted by Crippen LogP contribution is -2.34. The first-order chi connectivity index (χ1) is 14.7. The van der Waals surface area contributed by atoms with Crippen LogP contribution in [-0.2, 0) is 0 Å². The lowest BCUT2D eigenvalue weighted by atomic mass is 9.91. The molecule has 0 atom stereocenters. The number of fused-ring (bicyclic) bond motifs is 1. The van der Waals surface area contributed by atoms with Crippen LogP contribution < -0.4 is 14.2 Å². The highest BCUT2D eigenvalue weighted by Crippen LogP contribution is 2.37. The molecule has 0 unspecified atom stereocenters. The fourth-order valence-electron chi connectivity index (χ4n) is 4.10. The van der Waals surface area contributed by atoms with Crippen LogP contribution in [0.3, 0.4) is 0 Å². The number of halogens is 2. The SMILES string of the molecule is COc1cccc(OCCCN2CCC(c3noc4cc(F)ccc34)CC2)c1OC.Cl. The molecule has 0 bridgehead atoms. The van der Waals surface area contributed by atoms with E-state index in [2.05, 4.69) is 10.1 Å². The Morgan fingerprint density at radius 3 is 2.61 bits per heavy atom. The molecule has 2 aromatic carbocycles. The Bertz CT molecular complexity index is 989. The van der Waals surface area contributed by atoms with Crippen LogP contribution in [0.15, 0.2) is 40.9 Å². The minimum atomic E-state index is -0.297. The van der Waals surface area contributed by atoms with Gasteiger partial charge in [-0.05, 0) is 56.6 Å². The summed E-state index contributed by atoms with van der Waals surface area (Å²) in [6.07, 6.45) is 2.96. The van der Waals surface area contributed by atoms with Gasteiger partial charge in [-0.1, -0.05) is 11.2 Å². The van der Waals surface area contributed by atoms with Crippen molar-refractivity contribution in [2.45, 2.75) is 25.2 Å². The van der Waals surface area contributed by atoms with E-state index in [4.69, 9.17) is 18.7 Å². The Morgan fingerprint density at radius 2 is 1.87 bits per heavy atom. The normalized spacial score (nSPS) is 14.9. The topological polar surface area (TPSA) is 57.0 Å². The molecule has 31 heavy (non-hydrogen) atoms. The van der Waals surface area contributed by atoms with Gasteiger partial charge >= 0.3 is 0 Å². The Kier molecular flexibility index (Phi) is 7.98. The molecule has 6 nitrogen and oxygen atoms in total. The summed E-state index contributed by atoms with van der Waals surface area (Å²) in [5.41, 5.74) is 1.48. The van der Waals surface area contributed by atoms with Crippen molar-refractivity contribution in [3.8, 4) is 17.2 Å². The van der Waals surface area contributed by atoms with Crippen LogP contribution in [0, 0.1) is 5.82 Å². The van der Waals surface area contributed by atoms with E-state index in [0.717, 1.165) is 50.0 Å². The van der Waals surface area contributed by atoms with Crippen LogP contribution >= 0.6 is 12.4 Å². The van der Waals surface area contributed by atoms with Crippen LogP contribution in [0.5, 0.6) is 17.2 Å². The van der Waals surface area contributed by atoms with E-state index in [1.807, 2.05) is 18.2 Å². The zero-order valence-electron chi connectivity index (χ0n) is 17.8. The maximum atomic E-state index is 13.4. The summed E-state index contributed by atoms with van der Waals surface area (Å²) in [5, 5.41) is 5.15. The number of benzene rings is 2. The smallest absolute Gasteiger partial charge is 0.203 e. The monoisotopic (exact) mass is 450 g/mol. The average Bonchev–Trinajstić information content (AvgIpc) is 3.19. The van der Waals surface area contributed by atoms with E-state index in [1.165, 1.54) is 12.1 Å². The fourth-order valence-corrected chi connectivity index (χ4v) is 4.10. The van der Waals surface area contributed by atoms with Crippen molar-refractivity contribution in [1.29, 1.82) is 0 Å². The molecule has 0 aliphatic carbocycles. The third kappa shape index (κ3) is 5.22. The van der Waals surface area contributed by atoms with E-state index in [1.54, 1.807) is 20.3 Å². The fraction of sp³-hybridized carbons (Fsp3) is 0.435. The number of hydrogen-bond acceptors (Lipinski definition) is 6. The van der Waals surface area contributed by atoms with E-state index < -0.39 is 0 Å². The molecule has 0 saturated carbocycles. The molecule has 0 spiro atoms.